The molecule has 3 atom stereocenters. The molecule has 100 valence electrons. The van der Waals surface area contributed by atoms with E-state index in [1.807, 2.05) is 14.0 Å². The predicted molar refractivity (Wildman–Crippen MR) is 66.4 cm³/mol. The smallest absolute Gasteiger partial charge is 0.126 e. The summed E-state index contributed by atoms with van der Waals surface area (Å²) in [5, 5.41) is 3.19. The molecule has 1 N–H and O–H groups in total. The van der Waals surface area contributed by atoms with Crippen molar-refractivity contribution in [3.8, 4) is 0 Å². The molecule has 0 spiro atoms. The minimum absolute atomic E-state index is 0.117. The summed E-state index contributed by atoms with van der Waals surface area (Å²) in [5.74, 6) is -0.381. The molecule has 4 heteroatoms. The van der Waals surface area contributed by atoms with Crippen LogP contribution < -0.4 is 5.32 Å². The van der Waals surface area contributed by atoms with Gasteiger partial charge in [-0.25, -0.2) is 8.78 Å². The van der Waals surface area contributed by atoms with E-state index in [9.17, 15) is 8.78 Å². The van der Waals surface area contributed by atoms with Crippen LogP contribution in [0.4, 0.5) is 8.78 Å². The van der Waals surface area contributed by atoms with Crippen LogP contribution in [0, 0.1) is 17.6 Å². The van der Waals surface area contributed by atoms with Gasteiger partial charge in [0.2, 0.25) is 0 Å². The number of likely N-dealkylation sites (N-methyl/N-ethyl adjacent to an activating group) is 1. The molecule has 0 aliphatic carbocycles. The third-order valence-corrected chi connectivity index (χ3v) is 3.62. The van der Waals surface area contributed by atoms with Crippen LogP contribution in [0.15, 0.2) is 18.2 Å². The Balaban J connectivity index is 2.08. The molecule has 1 aliphatic rings. The number of hydrogen-bond acceptors (Lipinski definition) is 2. The van der Waals surface area contributed by atoms with Crippen LogP contribution in [0.2, 0.25) is 0 Å². The fourth-order valence-electron chi connectivity index (χ4n) is 2.57. The Morgan fingerprint density at radius 1 is 1.44 bits per heavy atom. The Bertz CT molecular complexity index is 411. The van der Waals surface area contributed by atoms with Crippen LogP contribution in [-0.2, 0) is 11.2 Å². The Labute approximate surface area is 106 Å². The predicted octanol–water partition coefficient (Wildman–Crippen LogP) is 2.52. The van der Waals surface area contributed by atoms with E-state index >= 15 is 0 Å². The van der Waals surface area contributed by atoms with Gasteiger partial charge >= 0.3 is 0 Å². The van der Waals surface area contributed by atoms with Crippen molar-refractivity contribution in [2.45, 2.75) is 31.9 Å². The molecule has 3 unspecified atom stereocenters. The van der Waals surface area contributed by atoms with Gasteiger partial charge in [-0.15, -0.1) is 0 Å². The lowest BCUT2D eigenvalue weighted by atomic mass is 9.91. The number of benzene rings is 1. The highest BCUT2D eigenvalue weighted by Gasteiger charge is 2.29. The van der Waals surface area contributed by atoms with Crippen molar-refractivity contribution in [1.82, 2.24) is 5.32 Å². The van der Waals surface area contributed by atoms with E-state index in [0.29, 0.717) is 24.5 Å². The first-order valence-electron chi connectivity index (χ1n) is 6.33. The summed E-state index contributed by atoms with van der Waals surface area (Å²) in [5.41, 5.74) is 0.425. The molecule has 1 aromatic rings. The van der Waals surface area contributed by atoms with Crippen molar-refractivity contribution in [3.63, 3.8) is 0 Å². The Morgan fingerprint density at radius 3 is 2.83 bits per heavy atom. The summed E-state index contributed by atoms with van der Waals surface area (Å²) in [6, 6.07) is 3.73. The van der Waals surface area contributed by atoms with E-state index < -0.39 is 5.82 Å². The summed E-state index contributed by atoms with van der Waals surface area (Å²) in [6.07, 6.45) is 1.70. The summed E-state index contributed by atoms with van der Waals surface area (Å²) in [6.45, 7) is 2.72. The van der Waals surface area contributed by atoms with Crippen molar-refractivity contribution in [2.75, 3.05) is 13.7 Å². The lowest BCUT2D eigenvalue weighted by Gasteiger charge is -2.22. The van der Waals surface area contributed by atoms with Gasteiger partial charge in [0, 0.05) is 12.0 Å². The molecule has 0 radical (unpaired) electrons. The number of nitrogens with one attached hydrogen (secondary N) is 1. The third-order valence-electron chi connectivity index (χ3n) is 3.62. The van der Waals surface area contributed by atoms with Gasteiger partial charge in [-0.3, -0.25) is 0 Å². The van der Waals surface area contributed by atoms with Gasteiger partial charge in [0.05, 0.1) is 12.7 Å². The molecule has 1 heterocycles. The summed E-state index contributed by atoms with van der Waals surface area (Å²) in [7, 11) is 1.85. The van der Waals surface area contributed by atoms with E-state index in [-0.39, 0.29) is 18.0 Å². The number of rotatable bonds is 4. The highest BCUT2D eigenvalue weighted by molar-refractivity contribution is 5.20. The van der Waals surface area contributed by atoms with Crippen LogP contribution >= 0.6 is 0 Å². The standard InChI is InChI=1S/C14H19F2NO/c1-9-5-11(8-18-9)14(17-2)7-10-6-12(15)3-4-13(10)16/h3-4,6,9,11,14,17H,5,7-8H2,1-2H3. The maximum atomic E-state index is 13.6. The quantitative estimate of drug-likeness (QED) is 0.892. The Kier molecular flexibility index (Phi) is 4.30. The van der Waals surface area contributed by atoms with Gasteiger partial charge in [0.15, 0.2) is 0 Å². The first-order chi connectivity index (χ1) is 8.60. The molecule has 1 saturated heterocycles. The van der Waals surface area contributed by atoms with Gasteiger partial charge in [0.1, 0.15) is 11.6 Å². The first kappa shape index (κ1) is 13.4. The largest absolute Gasteiger partial charge is 0.378 e. The molecular formula is C14H19F2NO. The summed E-state index contributed by atoms with van der Waals surface area (Å²) >= 11 is 0. The van der Waals surface area contributed by atoms with Crippen molar-refractivity contribution < 1.29 is 13.5 Å². The maximum Gasteiger partial charge on any atom is 0.126 e. The van der Waals surface area contributed by atoms with E-state index in [0.717, 1.165) is 12.5 Å². The second-order valence-electron chi connectivity index (χ2n) is 4.97. The molecule has 0 bridgehead atoms. The average molecular weight is 255 g/mol. The molecule has 18 heavy (non-hydrogen) atoms. The normalized spacial score (nSPS) is 25.3. The van der Waals surface area contributed by atoms with Crippen LogP contribution in [-0.4, -0.2) is 25.8 Å². The number of halogens is 2. The zero-order chi connectivity index (χ0) is 13.1. The molecule has 2 rings (SSSR count). The number of hydrogen-bond donors (Lipinski definition) is 1. The lowest BCUT2D eigenvalue weighted by Crippen LogP contribution is -2.36. The van der Waals surface area contributed by atoms with Crippen LogP contribution in [0.3, 0.4) is 0 Å². The maximum absolute atomic E-state index is 13.6. The van der Waals surface area contributed by atoms with Gasteiger partial charge in [-0.2, -0.15) is 0 Å². The van der Waals surface area contributed by atoms with Crippen LogP contribution in [0.25, 0.3) is 0 Å². The molecule has 0 aromatic heterocycles. The highest BCUT2D eigenvalue weighted by Crippen LogP contribution is 2.25. The zero-order valence-corrected chi connectivity index (χ0v) is 10.7. The highest BCUT2D eigenvalue weighted by atomic mass is 19.1. The van der Waals surface area contributed by atoms with Crippen LogP contribution in [0.5, 0.6) is 0 Å². The monoisotopic (exact) mass is 255 g/mol. The molecular weight excluding hydrogens is 236 g/mol. The van der Waals surface area contributed by atoms with Crippen LogP contribution in [0.1, 0.15) is 18.9 Å². The fraction of sp³-hybridized carbons (Fsp3) is 0.571. The second kappa shape index (κ2) is 5.76. The average Bonchev–Trinajstić information content (AvgIpc) is 2.77. The van der Waals surface area contributed by atoms with E-state index in [1.54, 1.807) is 0 Å². The van der Waals surface area contributed by atoms with Gasteiger partial charge < -0.3 is 10.1 Å². The first-order valence-corrected chi connectivity index (χ1v) is 6.33. The van der Waals surface area contributed by atoms with Gasteiger partial charge in [0.25, 0.3) is 0 Å². The second-order valence-corrected chi connectivity index (χ2v) is 4.97. The number of ether oxygens (including phenoxy) is 1. The lowest BCUT2D eigenvalue weighted by molar-refractivity contribution is 0.117. The summed E-state index contributed by atoms with van der Waals surface area (Å²) in [4.78, 5) is 0. The van der Waals surface area contributed by atoms with Gasteiger partial charge in [-0.1, -0.05) is 0 Å². The van der Waals surface area contributed by atoms with E-state index in [2.05, 4.69) is 5.32 Å². The molecule has 0 saturated carbocycles. The SMILES string of the molecule is CNC(Cc1cc(F)ccc1F)C1COC(C)C1. The zero-order valence-electron chi connectivity index (χ0n) is 10.7. The molecule has 0 amide bonds. The topological polar surface area (TPSA) is 21.3 Å². The van der Waals surface area contributed by atoms with E-state index in [1.165, 1.54) is 12.1 Å². The van der Waals surface area contributed by atoms with Gasteiger partial charge in [-0.05, 0) is 50.6 Å². The minimum atomic E-state index is -0.391. The van der Waals surface area contributed by atoms with Crippen molar-refractivity contribution in [2.24, 2.45) is 5.92 Å². The van der Waals surface area contributed by atoms with Crippen molar-refractivity contribution >= 4 is 0 Å². The van der Waals surface area contributed by atoms with Crippen molar-refractivity contribution in [3.05, 3.63) is 35.4 Å². The van der Waals surface area contributed by atoms with Crippen molar-refractivity contribution in [1.29, 1.82) is 0 Å². The molecule has 1 aliphatic heterocycles. The molecule has 1 aromatic carbocycles. The minimum Gasteiger partial charge on any atom is -0.378 e. The third kappa shape index (κ3) is 3.06. The fourth-order valence-corrected chi connectivity index (χ4v) is 2.57. The Morgan fingerprint density at radius 2 is 2.22 bits per heavy atom. The molecule has 2 nitrogen and oxygen atoms in total. The Hall–Kier alpha value is -1.00. The molecule has 1 fully saturated rings. The van der Waals surface area contributed by atoms with E-state index in [4.69, 9.17) is 4.74 Å². The summed E-state index contributed by atoms with van der Waals surface area (Å²) < 4.78 is 32.3.